The van der Waals surface area contributed by atoms with Gasteiger partial charge < -0.3 is 5.32 Å². The molecule has 2 rings (SSSR count). The Hall–Kier alpha value is -1.69. The molecule has 6 nitrogen and oxygen atoms in total. The molecule has 0 amide bonds. The van der Waals surface area contributed by atoms with Gasteiger partial charge in [-0.1, -0.05) is 5.21 Å². The highest BCUT2D eigenvalue weighted by Gasteiger charge is 1.97. The van der Waals surface area contributed by atoms with Gasteiger partial charge in [-0.2, -0.15) is 5.10 Å². The van der Waals surface area contributed by atoms with Gasteiger partial charge in [0.15, 0.2) is 0 Å². The van der Waals surface area contributed by atoms with Crippen molar-refractivity contribution in [3.63, 3.8) is 0 Å². The normalized spacial score (nSPS) is 10.7. The molecule has 0 aliphatic heterocycles. The standard InChI is InChI=1S/C9H14N6/c1-14-9(2-3-12-14)8-10-4-6-15-7-5-11-13-15/h2-3,5,7,10H,4,6,8H2,1H3. The first-order valence-corrected chi connectivity index (χ1v) is 4.88. The third kappa shape index (κ3) is 2.63. The van der Waals surface area contributed by atoms with Crippen LogP contribution in [0.25, 0.3) is 0 Å². The van der Waals surface area contributed by atoms with E-state index in [4.69, 9.17) is 0 Å². The Labute approximate surface area is 87.9 Å². The van der Waals surface area contributed by atoms with Crippen molar-refractivity contribution in [2.75, 3.05) is 6.54 Å². The molecular formula is C9H14N6. The van der Waals surface area contributed by atoms with E-state index in [-0.39, 0.29) is 0 Å². The van der Waals surface area contributed by atoms with Crippen LogP contribution >= 0.6 is 0 Å². The first-order valence-electron chi connectivity index (χ1n) is 4.88. The Morgan fingerprint density at radius 2 is 2.33 bits per heavy atom. The molecule has 0 bridgehead atoms. The second kappa shape index (κ2) is 4.70. The molecular weight excluding hydrogens is 192 g/mol. The van der Waals surface area contributed by atoms with Gasteiger partial charge in [0.2, 0.25) is 0 Å². The first kappa shape index (κ1) is 9.85. The van der Waals surface area contributed by atoms with Crippen molar-refractivity contribution in [3.8, 4) is 0 Å². The summed E-state index contributed by atoms with van der Waals surface area (Å²) in [5, 5.41) is 15.0. The van der Waals surface area contributed by atoms with Gasteiger partial charge in [-0.25, -0.2) is 0 Å². The average Bonchev–Trinajstić information content (AvgIpc) is 2.85. The molecule has 2 aromatic rings. The van der Waals surface area contributed by atoms with E-state index >= 15 is 0 Å². The molecule has 0 saturated carbocycles. The zero-order valence-corrected chi connectivity index (χ0v) is 8.67. The summed E-state index contributed by atoms with van der Waals surface area (Å²) in [5.74, 6) is 0. The Balaban J connectivity index is 1.70. The molecule has 0 aliphatic rings. The van der Waals surface area contributed by atoms with Crippen molar-refractivity contribution in [2.45, 2.75) is 13.1 Å². The van der Waals surface area contributed by atoms with Crippen molar-refractivity contribution in [3.05, 3.63) is 30.4 Å². The van der Waals surface area contributed by atoms with Gasteiger partial charge in [-0.15, -0.1) is 5.10 Å². The van der Waals surface area contributed by atoms with E-state index in [1.807, 2.05) is 24.0 Å². The summed E-state index contributed by atoms with van der Waals surface area (Å²) in [4.78, 5) is 0. The van der Waals surface area contributed by atoms with Crippen LogP contribution in [0, 0.1) is 0 Å². The largest absolute Gasteiger partial charge is 0.309 e. The van der Waals surface area contributed by atoms with E-state index in [1.54, 1.807) is 17.1 Å². The monoisotopic (exact) mass is 206 g/mol. The zero-order chi connectivity index (χ0) is 10.5. The molecule has 6 heteroatoms. The van der Waals surface area contributed by atoms with Gasteiger partial charge in [-0.3, -0.25) is 9.36 Å². The minimum atomic E-state index is 0.825. The maximum Gasteiger partial charge on any atom is 0.0692 e. The van der Waals surface area contributed by atoms with E-state index in [0.717, 1.165) is 19.6 Å². The summed E-state index contributed by atoms with van der Waals surface area (Å²) >= 11 is 0. The predicted molar refractivity (Wildman–Crippen MR) is 54.9 cm³/mol. The molecule has 80 valence electrons. The van der Waals surface area contributed by atoms with Crippen molar-refractivity contribution in [1.29, 1.82) is 0 Å². The summed E-state index contributed by atoms with van der Waals surface area (Å²) in [7, 11) is 1.94. The van der Waals surface area contributed by atoms with Crippen LogP contribution in [0.2, 0.25) is 0 Å². The maximum absolute atomic E-state index is 4.09. The van der Waals surface area contributed by atoms with Crippen LogP contribution in [-0.4, -0.2) is 31.3 Å². The fourth-order valence-corrected chi connectivity index (χ4v) is 1.34. The molecule has 1 N–H and O–H groups in total. The van der Waals surface area contributed by atoms with Crippen LogP contribution < -0.4 is 5.32 Å². The van der Waals surface area contributed by atoms with Gasteiger partial charge >= 0.3 is 0 Å². The van der Waals surface area contributed by atoms with Crippen LogP contribution in [0.15, 0.2) is 24.7 Å². The first-order chi connectivity index (χ1) is 7.36. The highest BCUT2D eigenvalue weighted by molar-refractivity contribution is 4.98. The summed E-state index contributed by atoms with van der Waals surface area (Å²) < 4.78 is 3.67. The molecule has 0 radical (unpaired) electrons. The predicted octanol–water partition coefficient (Wildman–Crippen LogP) is -0.199. The fraction of sp³-hybridized carbons (Fsp3) is 0.444. The summed E-state index contributed by atoms with van der Waals surface area (Å²) in [5.41, 5.74) is 1.17. The van der Waals surface area contributed by atoms with Gasteiger partial charge in [0.1, 0.15) is 0 Å². The van der Waals surface area contributed by atoms with Crippen molar-refractivity contribution in [1.82, 2.24) is 30.1 Å². The highest BCUT2D eigenvalue weighted by Crippen LogP contribution is 1.94. The molecule has 0 aromatic carbocycles. The van der Waals surface area contributed by atoms with Gasteiger partial charge in [0.25, 0.3) is 0 Å². The quantitative estimate of drug-likeness (QED) is 0.688. The van der Waals surface area contributed by atoms with Crippen LogP contribution in [0.1, 0.15) is 5.69 Å². The maximum atomic E-state index is 4.09. The number of nitrogens with one attached hydrogen (secondary N) is 1. The summed E-state index contributed by atoms with van der Waals surface area (Å²) in [6.45, 7) is 2.53. The summed E-state index contributed by atoms with van der Waals surface area (Å²) in [6.07, 6.45) is 5.33. The van der Waals surface area contributed by atoms with E-state index in [1.165, 1.54) is 5.69 Å². The average molecular weight is 206 g/mol. The lowest BCUT2D eigenvalue weighted by Gasteiger charge is -2.04. The Morgan fingerprint density at radius 1 is 1.40 bits per heavy atom. The van der Waals surface area contributed by atoms with Gasteiger partial charge in [0, 0.05) is 32.5 Å². The number of rotatable bonds is 5. The topological polar surface area (TPSA) is 60.6 Å². The number of hydrogen-bond acceptors (Lipinski definition) is 4. The van der Waals surface area contributed by atoms with E-state index in [9.17, 15) is 0 Å². The minimum Gasteiger partial charge on any atom is -0.309 e. The van der Waals surface area contributed by atoms with Crippen LogP contribution in [-0.2, 0) is 20.1 Å². The zero-order valence-electron chi connectivity index (χ0n) is 8.67. The molecule has 0 aliphatic carbocycles. The van der Waals surface area contributed by atoms with E-state index < -0.39 is 0 Å². The lowest BCUT2D eigenvalue weighted by Crippen LogP contribution is -2.21. The third-order valence-corrected chi connectivity index (χ3v) is 2.22. The minimum absolute atomic E-state index is 0.825. The number of aromatic nitrogens is 5. The summed E-state index contributed by atoms with van der Waals surface area (Å²) in [6, 6.07) is 2.00. The SMILES string of the molecule is Cn1nccc1CNCCn1ccnn1. The molecule has 0 atom stereocenters. The van der Waals surface area contributed by atoms with Crippen molar-refractivity contribution in [2.24, 2.45) is 7.05 Å². The molecule has 0 fully saturated rings. The molecule has 0 spiro atoms. The number of nitrogens with zero attached hydrogens (tertiary/aromatic N) is 5. The molecule has 0 saturated heterocycles. The number of hydrogen-bond donors (Lipinski definition) is 1. The molecule has 15 heavy (non-hydrogen) atoms. The van der Waals surface area contributed by atoms with Crippen molar-refractivity contribution < 1.29 is 0 Å². The fourth-order valence-electron chi connectivity index (χ4n) is 1.34. The Bertz CT molecular complexity index is 390. The van der Waals surface area contributed by atoms with E-state index in [2.05, 4.69) is 20.7 Å². The molecule has 2 aromatic heterocycles. The van der Waals surface area contributed by atoms with E-state index in [0.29, 0.717) is 0 Å². The Morgan fingerprint density at radius 3 is 3.00 bits per heavy atom. The smallest absolute Gasteiger partial charge is 0.0692 e. The third-order valence-electron chi connectivity index (χ3n) is 2.22. The van der Waals surface area contributed by atoms with Crippen LogP contribution in [0.3, 0.4) is 0 Å². The highest BCUT2D eigenvalue weighted by atomic mass is 15.4. The molecule has 2 heterocycles. The van der Waals surface area contributed by atoms with Gasteiger partial charge in [-0.05, 0) is 6.07 Å². The Kier molecular flexibility index (Phi) is 3.08. The van der Waals surface area contributed by atoms with Gasteiger partial charge in [0.05, 0.1) is 18.4 Å². The molecule has 0 unspecified atom stereocenters. The van der Waals surface area contributed by atoms with Crippen molar-refractivity contribution >= 4 is 0 Å². The lowest BCUT2D eigenvalue weighted by molar-refractivity contribution is 0.530. The number of aryl methyl sites for hydroxylation is 1. The van der Waals surface area contributed by atoms with Crippen LogP contribution in [0.5, 0.6) is 0 Å². The second-order valence-electron chi connectivity index (χ2n) is 3.29. The van der Waals surface area contributed by atoms with Crippen LogP contribution in [0.4, 0.5) is 0 Å². The lowest BCUT2D eigenvalue weighted by atomic mass is 10.4. The second-order valence-corrected chi connectivity index (χ2v) is 3.29.